The lowest BCUT2D eigenvalue weighted by molar-refractivity contribution is -0.132. The van der Waals surface area contributed by atoms with Crippen molar-refractivity contribution in [1.82, 2.24) is 0 Å². The van der Waals surface area contributed by atoms with Gasteiger partial charge in [0.2, 0.25) is 0 Å². The number of carboxylic acid groups (broad SMARTS) is 1. The van der Waals surface area contributed by atoms with E-state index in [0.717, 1.165) is 12.4 Å². The largest absolute Gasteiger partial charge is 0.478 e. The topological polar surface area (TPSA) is 75.7 Å². The maximum atomic E-state index is 13.0. The standard InChI is InChI=1S/C10H9FN2O2/c11-8-3-1-2-4-9(8)13-6-7(5-12)10(14)15/h1-6H,12H2,(H,14,15)/b7-5+,13-6?. The highest BCUT2D eigenvalue weighted by Gasteiger charge is 2.03. The van der Waals surface area contributed by atoms with E-state index in [2.05, 4.69) is 4.99 Å². The lowest BCUT2D eigenvalue weighted by Crippen LogP contribution is -2.04. The number of aliphatic carboxylic acids is 1. The van der Waals surface area contributed by atoms with E-state index in [-0.39, 0.29) is 11.3 Å². The van der Waals surface area contributed by atoms with Crippen molar-refractivity contribution in [2.75, 3.05) is 0 Å². The molecule has 0 saturated carbocycles. The molecule has 0 fully saturated rings. The Morgan fingerprint density at radius 1 is 1.47 bits per heavy atom. The van der Waals surface area contributed by atoms with E-state index in [1.807, 2.05) is 0 Å². The zero-order valence-electron chi connectivity index (χ0n) is 7.72. The summed E-state index contributed by atoms with van der Waals surface area (Å²) in [5.74, 6) is -1.73. The molecule has 1 aromatic rings. The Labute approximate surface area is 85.6 Å². The third-order valence-electron chi connectivity index (χ3n) is 1.62. The molecule has 78 valence electrons. The van der Waals surface area contributed by atoms with E-state index in [4.69, 9.17) is 10.8 Å². The first-order valence-corrected chi connectivity index (χ1v) is 4.09. The van der Waals surface area contributed by atoms with Crippen LogP contribution in [0.3, 0.4) is 0 Å². The van der Waals surface area contributed by atoms with Crippen LogP contribution in [0.1, 0.15) is 0 Å². The highest BCUT2D eigenvalue weighted by atomic mass is 19.1. The van der Waals surface area contributed by atoms with Crippen LogP contribution in [0.2, 0.25) is 0 Å². The lowest BCUT2D eigenvalue weighted by atomic mass is 10.3. The number of hydrogen-bond acceptors (Lipinski definition) is 3. The van der Waals surface area contributed by atoms with Gasteiger partial charge in [0.05, 0.1) is 11.3 Å². The second-order valence-corrected chi connectivity index (χ2v) is 2.64. The molecular formula is C10H9FN2O2. The molecule has 0 aliphatic carbocycles. The summed E-state index contributed by atoms with van der Waals surface area (Å²) >= 11 is 0. The number of para-hydroxylation sites is 1. The molecule has 1 rings (SSSR count). The number of nitrogens with zero attached hydrogens (tertiary/aromatic N) is 1. The second kappa shape index (κ2) is 4.90. The summed E-state index contributed by atoms with van der Waals surface area (Å²) in [4.78, 5) is 14.2. The Kier molecular flexibility index (Phi) is 3.56. The predicted molar refractivity (Wildman–Crippen MR) is 54.5 cm³/mol. The third-order valence-corrected chi connectivity index (χ3v) is 1.62. The van der Waals surface area contributed by atoms with Gasteiger partial charge in [0, 0.05) is 12.4 Å². The SMILES string of the molecule is N/C=C(\C=Nc1ccccc1F)C(=O)O. The Hall–Kier alpha value is -2.17. The molecule has 0 radical (unpaired) electrons. The minimum atomic E-state index is -1.21. The van der Waals surface area contributed by atoms with Gasteiger partial charge in [0.15, 0.2) is 0 Å². The van der Waals surface area contributed by atoms with Crippen LogP contribution in [0.4, 0.5) is 10.1 Å². The molecule has 0 aliphatic heterocycles. The van der Waals surface area contributed by atoms with Crippen LogP contribution in [-0.2, 0) is 4.79 Å². The fraction of sp³-hybridized carbons (Fsp3) is 0. The molecule has 4 nitrogen and oxygen atoms in total. The number of aliphatic imine (C=N–C) groups is 1. The van der Waals surface area contributed by atoms with Gasteiger partial charge in [-0.25, -0.2) is 9.18 Å². The summed E-state index contributed by atoms with van der Waals surface area (Å²) < 4.78 is 13.0. The van der Waals surface area contributed by atoms with Crippen LogP contribution < -0.4 is 5.73 Å². The second-order valence-electron chi connectivity index (χ2n) is 2.64. The van der Waals surface area contributed by atoms with Crippen LogP contribution in [0, 0.1) is 5.82 Å². The van der Waals surface area contributed by atoms with Crippen LogP contribution in [0.25, 0.3) is 0 Å². The Bertz CT molecular complexity index is 427. The summed E-state index contributed by atoms with van der Waals surface area (Å²) in [7, 11) is 0. The number of carboxylic acids is 1. The molecule has 0 unspecified atom stereocenters. The van der Waals surface area contributed by atoms with Crippen LogP contribution in [0.5, 0.6) is 0 Å². The average molecular weight is 208 g/mol. The van der Waals surface area contributed by atoms with E-state index in [1.54, 1.807) is 6.07 Å². The van der Waals surface area contributed by atoms with Crippen LogP contribution in [-0.4, -0.2) is 17.3 Å². The molecule has 0 bridgehead atoms. The van der Waals surface area contributed by atoms with Gasteiger partial charge in [0.25, 0.3) is 0 Å². The maximum Gasteiger partial charge on any atom is 0.338 e. The molecule has 15 heavy (non-hydrogen) atoms. The van der Waals surface area contributed by atoms with Gasteiger partial charge in [-0.15, -0.1) is 0 Å². The van der Waals surface area contributed by atoms with Crippen molar-refractivity contribution in [3.63, 3.8) is 0 Å². The molecule has 5 heteroatoms. The van der Waals surface area contributed by atoms with E-state index in [0.29, 0.717) is 0 Å². The minimum absolute atomic E-state index is 0.0677. The van der Waals surface area contributed by atoms with Gasteiger partial charge in [0.1, 0.15) is 5.82 Å². The number of benzene rings is 1. The van der Waals surface area contributed by atoms with Crippen molar-refractivity contribution < 1.29 is 14.3 Å². The first-order valence-electron chi connectivity index (χ1n) is 4.09. The molecular weight excluding hydrogens is 199 g/mol. The fourth-order valence-corrected chi connectivity index (χ4v) is 0.865. The Morgan fingerprint density at radius 3 is 2.67 bits per heavy atom. The Balaban J connectivity index is 2.91. The van der Waals surface area contributed by atoms with E-state index in [9.17, 15) is 9.18 Å². The zero-order chi connectivity index (χ0) is 11.3. The molecule has 0 atom stereocenters. The lowest BCUT2D eigenvalue weighted by Gasteiger charge is -1.95. The molecule has 0 amide bonds. The summed E-state index contributed by atoms with van der Waals surface area (Å²) in [6, 6.07) is 5.79. The van der Waals surface area contributed by atoms with Gasteiger partial charge < -0.3 is 10.8 Å². The highest BCUT2D eigenvalue weighted by molar-refractivity contribution is 6.08. The van der Waals surface area contributed by atoms with Crippen molar-refractivity contribution in [3.05, 3.63) is 41.9 Å². The number of carbonyl (C=O) groups is 1. The van der Waals surface area contributed by atoms with E-state index < -0.39 is 11.8 Å². The number of halogens is 1. The molecule has 0 aromatic heterocycles. The summed E-state index contributed by atoms with van der Waals surface area (Å²) in [5.41, 5.74) is 4.92. The van der Waals surface area contributed by atoms with Crippen molar-refractivity contribution in [2.24, 2.45) is 10.7 Å². The van der Waals surface area contributed by atoms with Gasteiger partial charge in [-0.2, -0.15) is 0 Å². The van der Waals surface area contributed by atoms with Crippen molar-refractivity contribution in [2.45, 2.75) is 0 Å². The van der Waals surface area contributed by atoms with Crippen LogP contribution in [0.15, 0.2) is 41.0 Å². The van der Waals surface area contributed by atoms with Crippen molar-refractivity contribution in [3.8, 4) is 0 Å². The quantitative estimate of drug-likeness (QED) is 0.583. The number of rotatable bonds is 3. The smallest absolute Gasteiger partial charge is 0.338 e. The first-order chi connectivity index (χ1) is 7.15. The van der Waals surface area contributed by atoms with Crippen molar-refractivity contribution in [1.29, 1.82) is 0 Å². The molecule has 0 saturated heterocycles. The van der Waals surface area contributed by atoms with Crippen molar-refractivity contribution >= 4 is 17.9 Å². The molecule has 3 N–H and O–H groups in total. The van der Waals surface area contributed by atoms with Gasteiger partial charge in [-0.05, 0) is 12.1 Å². The number of nitrogens with two attached hydrogens (primary N) is 1. The Morgan fingerprint density at radius 2 is 2.13 bits per heavy atom. The monoisotopic (exact) mass is 208 g/mol. The normalized spacial score (nSPS) is 11.9. The summed E-state index contributed by atoms with van der Waals surface area (Å²) in [6.45, 7) is 0. The molecule has 1 aromatic carbocycles. The summed E-state index contributed by atoms with van der Waals surface area (Å²) in [6.07, 6.45) is 1.90. The van der Waals surface area contributed by atoms with E-state index in [1.165, 1.54) is 18.2 Å². The minimum Gasteiger partial charge on any atom is -0.478 e. The predicted octanol–water partition coefficient (Wildman–Crippen LogP) is 1.46. The highest BCUT2D eigenvalue weighted by Crippen LogP contribution is 2.15. The first kappa shape index (κ1) is 10.9. The maximum absolute atomic E-state index is 13.0. The fourth-order valence-electron chi connectivity index (χ4n) is 0.865. The average Bonchev–Trinajstić information content (AvgIpc) is 2.21. The molecule has 0 spiro atoms. The van der Waals surface area contributed by atoms with Crippen LogP contribution >= 0.6 is 0 Å². The molecule has 0 heterocycles. The number of hydrogen-bond donors (Lipinski definition) is 2. The third kappa shape index (κ3) is 2.91. The van der Waals surface area contributed by atoms with E-state index >= 15 is 0 Å². The zero-order valence-corrected chi connectivity index (χ0v) is 7.72. The molecule has 0 aliphatic rings. The van der Waals surface area contributed by atoms with Gasteiger partial charge >= 0.3 is 5.97 Å². The van der Waals surface area contributed by atoms with Gasteiger partial charge in [-0.3, -0.25) is 4.99 Å². The summed E-state index contributed by atoms with van der Waals surface area (Å²) in [5, 5.41) is 8.59. The van der Waals surface area contributed by atoms with Gasteiger partial charge in [-0.1, -0.05) is 12.1 Å².